The third-order valence-electron chi connectivity index (χ3n) is 2.98. The quantitative estimate of drug-likeness (QED) is 0.858. The van der Waals surface area contributed by atoms with Crippen LogP contribution in [-0.4, -0.2) is 31.2 Å². The van der Waals surface area contributed by atoms with Crippen molar-refractivity contribution < 1.29 is 13.2 Å². The summed E-state index contributed by atoms with van der Waals surface area (Å²) in [7, 11) is -3.32. The minimum Gasteiger partial charge on any atom is -0.478 e. The summed E-state index contributed by atoms with van der Waals surface area (Å²) in [5.74, 6) is 1.74. The number of rotatable bonds is 6. The molecule has 0 saturated heterocycles. The Bertz CT molecular complexity index is 810. The molecular weight excluding hydrogens is 338 g/mol. The van der Waals surface area contributed by atoms with E-state index in [1.807, 2.05) is 6.92 Å². The molecule has 0 saturated carbocycles. The predicted molar refractivity (Wildman–Crippen MR) is 89.8 cm³/mol. The van der Waals surface area contributed by atoms with Crippen molar-refractivity contribution in [3.63, 3.8) is 0 Å². The number of anilines is 1. The van der Waals surface area contributed by atoms with Gasteiger partial charge in [-0.3, -0.25) is 0 Å². The van der Waals surface area contributed by atoms with Gasteiger partial charge in [-0.1, -0.05) is 17.7 Å². The highest BCUT2D eigenvalue weighted by Gasteiger charge is 2.12. The molecular formula is C15H18ClN3O3S. The Morgan fingerprint density at radius 2 is 2.00 bits per heavy atom. The number of halogens is 1. The van der Waals surface area contributed by atoms with Crippen LogP contribution in [0.25, 0.3) is 0 Å². The van der Waals surface area contributed by atoms with Crippen LogP contribution in [0.3, 0.4) is 0 Å². The molecule has 0 radical (unpaired) electrons. The molecule has 0 aliphatic carbocycles. The molecule has 6 nitrogen and oxygen atoms in total. The zero-order chi connectivity index (χ0) is 17.0. The van der Waals surface area contributed by atoms with Crippen molar-refractivity contribution in [1.82, 2.24) is 9.97 Å². The summed E-state index contributed by atoms with van der Waals surface area (Å²) in [6.45, 7) is 4.64. The van der Waals surface area contributed by atoms with Crippen molar-refractivity contribution in [2.75, 3.05) is 18.2 Å². The van der Waals surface area contributed by atoms with E-state index in [2.05, 4.69) is 15.3 Å². The van der Waals surface area contributed by atoms with Crippen LogP contribution in [0.15, 0.2) is 29.2 Å². The number of benzene rings is 1. The Balaban J connectivity index is 2.14. The van der Waals surface area contributed by atoms with Gasteiger partial charge in [0.25, 0.3) is 0 Å². The molecule has 23 heavy (non-hydrogen) atoms. The van der Waals surface area contributed by atoms with E-state index in [1.165, 1.54) is 6.07 Å². The maximum Gasteiger partial charge on any atom is 0.218 e. The lowest BCUT2D eigenvalue weighted by Crippen LogP contribution is -2.06. The van der Waals surface area contributed by atoms with Crippen molar-refractivity contribution in [1.29, 1.82) is 0 Å². The second kappa shape index (κ2) is 7.14. The fourth-order valence-corrected chi connectivity index (χ4v) is 3.35. The summed E-state index contributed by atoms with van der Waals surface area (Å²) in [5.41, 5.74) is 0.844. The molecule has 8 heteroatoms. The van der Waals surface area contributed by atoms with Crippen molar-refractivity contribution in [3.8, 4) is 5.88 Å². The van der Waals surface area contributed by atoms with Crippen LogP contribution in [0.2, 0.25) is 5.02 Å². The maximum atomic E-state index is 11.5. The zero-order valence-corrected chi connectivity index (χ0v) is 14.7. The lowest BCUT2D eigenvalue weighted by atomic mass is 10.2. The van der Waals surface area contributed by atoms with E-state index >= 15 is 0 Å². The van der Waals surface area contributed by atoms with Crippen LogP contribution in [0, 0.1) is 6.92 Å². The minimum absolute atomic E-state index is 0.124. The Morgan fingerprint density at radius 1 is 1.26 bits per heavy atom. The molecule has 1 N–H and O–H groups in total. The van der Waals surface area contributed by atoms with E-state index in [4.69, 9.17) is 16.3 Å². The molecule has 1 heterocycles. The van der Waals surface area contributed by atoms with Crippen LogP contribution in [-0.2, 0) is 16.4 Å². The van der Waals surface area contributed by atoms with Crippen LogP contribution in [0.5, 0.6) is 5.88 Å². The highest BCUT2D eigenvalue weighted by molar-refractivity contribution is 7.90. The summed E-state index contributed by atoms with van der Waals surface area (Å²) >= 11 is 6.03. The van der Waals surface area contributed by atoms with Crippen molar-refractivity contribution >= 4 is 27.3 Å². The van der Waals surface area contributed by atoms with Crippen LogP contribution in [0.1, 0.15) is 18.3 Å². The van der Waals surface area contributed by atoms with Gasteiger partial charge in [0, 0.05) is 18.9 Å². The van der Waals surface area contributed by atoms with Crippen LogP contribution >= 0.6 is 11.6 Å². The Morgan fingerprint density at radius 3 is 2.61 bits per heavy atom. The zero-order valence-electron chi connectivity index (χ0n) is 13.1. The number of hydrogen-bond acceptors (Lipinski definition) is 6. The van der Waals surface area contributed by atoms with Gasteiger partial charge in [-0.15, -0.1) is 0 Å². The first kappa shape index (κ1) is 17.5. The van der Waals surface area contributed by atoms with Gasteiger partial charge in [0.1, 0.15) is 11.6 Å². The van der Waals surface area contributed by atoms with Gasteiger partial charge in [-0.05, 0) is 31.5 Å². The highest BCUT2D eigenvalue weighted by Crippen LogP contribution is 2.23. The van der Waals surface area contributed by atoms with Gasteiger partial charge in [-0.25, -0.2) is 13.4 Å². The summed E-state index contributed by atoms with van der Waals surface area (Å²) in [6.07, 6.45) is 1.13. The molecule has 0 amide bonds. The average Bonchev–Trinajstić information content (AvgIpc) is 2.43. The SMILES string of the molecule is CCOc1cc(NCc2ccc(S(C)(=O)=O)c(Cl)c2)nc(C)n1. The molecule has 0 fully saturated rings. The van der Waals surface area contributed by atoms with Crippen molar-refractivity contribution in [2.24, 2.45) is 0 Å². The van der Waals surface area contributed by atoms with Gasteiger partial charge < -0.3 is 10.1 Å². The van der Waals surface area contributed by atoms with Gasteiger partial charge >= 0.3 is 0 Å². The van der Waals surface area contributed by atoms with Crippen molar-refractivity contribution in [2.45, 2.75) is 25.3 Å². The Hall–Kier alpha value is -1.86. The molecule has 124 valence electrons. The second-order valence-corrected chi connectivity index (χ2v) is 7.35. The first-order chi connectivity index (χ1) is 10.8. The summed E-state index contributed by atoms with van der Waals surface area (Å²) in [6, 6.07) is 6.56. The largest absolute Gasteiger partial charge is 0.478 e. The van der Waals surface area contributed by atoms with E-state index in [0.29, 0.717) is 30.7 Å². The molecule has 0 aliphatic heterocycles. The lowest BCUT2D eigenvalue weighted by Gasteiger charge is -2.10. The molecule has 0 spiro atoms. The number of sulfone groups is 1. The minimum atomic E-state index is -3.32. The van der Waals surface area contributed by atoms with Crippen LogP contribution in [0.4, 0.5) is 5.82 Å². The average molecular weight is 356 g/mol. The van der Waals surface area contributed by atoms with E-state index < -0.39 is 9.84 Å². The fourth-order valence-electron chi connectivity index (χ4n) is 2.00. The topological polar surface area (TPSA) is 81.2 Å². The van der Waals surface area contributed by atoms with Gasteiger partial charge in [0.05, 0.1) is 16.5 Å². The first-order valence-electron chi connectivity index (χ1n) is 7.00. The van der Waals surface area contributed by atoms with Crippen molar-refractivity contribution in [3.05, 3.63) is 40.7 Å². The van der Waals surface area contributed by atoms with E-state index in [9.17, 15) is 8.42 Å². The second-order valence-electron chi connectivity index (χ2n) is 4.96. The number of nitrogens with one attached hydrogen (secondary N) is 1. The smallest absolute Gasteiger partial charge is 0.218 e. The van der Waals surface area contributed by atoms with Gasteiger partial charge in [-0.2, -0.15) is 4.98 Å². The molecule has 0 bridgehead atoms. The number of ether oxygens (including phenoxy) is 1. The number of nitrogens with zero attached hydrogens (tertiary/aromatic N) is 2. The predicted octanol–water partition coefficient (Wildman–Crippen LogP) is 2.85. The molecule has 1 aromatic heterocycles. The molecule has 1 aromatic carbocycles. The summed E-state index contributed by atoms with van der Waals surface area (Å²) < 4.78 is 28.5. The van der Waals surface area contributed by atoms with E-state index in [0.717, 1.165) is 11.8 Å². The number of hydrogen-bond donors (Lipinski definition) is 1. The molecule has 2 aromatic rings. The third-order valence-corrected chi connectivity index (χ3v) is 4.56. The molecule has 0 aliphatic rings. The fraction of sp³-hybridized carbons (Fsp3) is 0.333. The van der Waals surface area contributed by atoms with Gasteiger partial charge in [0.2, 0.25) is 5.88 Å². The van der Waals surface area contributed by atoms with E-state index in [-0.39, 0.29) is 9.92 Å². The molecule has 0 atom stereocenters. The highest BCUT2D eigenvalue weighted by atomic mass is 35.5. The third kappa shape index (κ3) is 4.80. The maximum absolute atomic E-state index is 11.5. The monoisotopic (exact) mass is 355 g/mol. The molecule has 2 rings (SSSR count). The molecule has 0 unspecified atom stereocenters. The standard InChI is InChI=1S/C15H18ClN3O3S/c1-4-22-15-8-14(18-10(2)19-15)17-9-11-5-6-13(12(16)7-11)23(3,20)21/h5-8H,4,9H2,1-3H3,(H,17,18,19). The van der Waals surface area contributed by atoms with E-state index in [1.54, 1.807) is 25.1 Å². The van der Waals surface area contributed by atoms with Crippen LogP contribution < -0.4 is 10.1 Å². The lowest BCUT2D eigenvalue weighted by molar-refractivity contribution is 0.325. The first-order valence-corrected chi connectivity index (χ1v) is 9.27. The number of aryl methyl sites for hydroxylation is 1. The summed E-state index contributed by atoms with van der Waals surface area (Å²) in [5, 5.41) is 3.36. The Labute approximate surface area is 140 Å². The normalized spacial score (nSPS) is 11.3. The number of aromatic nitrogens is 2. The van der Waals surface area contributed by atoms with Gasteiger partial charge in [0.15, 0.2) is 9.84 Å². The summed E-state index contributed by atoms with van der Waals surface area (Å²) in [4.78, 5) is 8.57. The Kier molecular flexibility index (Phi) is 5.43.